The van der Waals surface area contributed by atoms with E-state index in [0.29, 0.717) is 18.5 Å². The topological polar surface area (TPSA) is 48.3 Å². The molecular weight excluding hydrogens is 158 g/mol. The quantitative estimate of drug-likeness (QED) is 0.624. The first-order valence-electron chi connectivity index (χ1n) is 3.58. The minimum absolute atomic E-state index is 0.327. The molecule has 64 valence electrons. The molecule has 0 fully saturated rings. The molecular formula is C8H9NO3. The normalized spacial score (nSPS) is 9.42. The number of rotatable bonds is 2. The first-order valence-corrected chi connectivity index (χ1v) is 3.58. The monoisotopic (exact) mass is 167 g/mol. The van der Waals surface area contributed by atoms with Crippen molar-refractivity contribution in [1.82, 2.24) is 4.57 Å². The van der Waals surface area contributed by atoms with Crippen LogP contribution in [0, 0.1) is 0 Å². The molecule has 0 aliphatic rings. The lowest BCUT2D eigenvalue weighted by Gasteiger charge is -1.99. The molecule has 0 aromatic carbocycles. The Morgan fingerprint density at radius 3 is 3.00 bits per heavy atom. The number of aromatic nitrogens is 1. The number of nitrogens with zero attached hydrogens (tertiary/aromatic N) is 1. The number of aldehydes is 1. The Morgan fingerprint density at radius 2 is 2.50 bits per heavy atom. The van der Waals surface area contributed by atoms with Crippen molar-refractivity contribution in [3.63, 3.8) is 0 Å². The molecule has 1 rings (SSSR count). The maximum Gasteiger partial charge on any atom is 0.417 e. The van der Waals surface area contributed by atoms with Gasteiger partial charge in [0.2, 0.25) is 0 Å². The van der Waals surface area contributed by atoms with E-state index in [1.54, 1.807) is 13.0 Å². The summed E-state index contributed by atoms with van der Waals surface area (Å²) in [5, 5.41) is 0. The first-order chi connectivity index (χ1) is 5.77. The Morgan fingerprint density at radius 1 is 1.75 bits per heavy atom. The summed E-state index contributed by atoms with van der Waals surface area (Å²) in [7, 11) is 0. The molecule has 0 aliphatic carbocycles. The molecule has 0 radical (unpaired) electrons. The number of hydrogen-bond acceptors (Lipinski definition) is 3. The summed E-state index contributed by atoms with van der Waals surface area (Å²) in [5.41, 5.74) is 0.461. The molecule has 0 saturated heterocycles. The van der Waals surface area contributed by atoms with E-state index in [2.05, 4.69) is 0 Å². The summed E-state index contributed by atoms with van der Waals surface area (Å²) in [6.07, 6.45) is 3.12. The Bertz CT molecular complexity index is 290. The summed E-state index contributed by atoms with van der Waals surface area (Å²) >= 11 is 0. The maximum absolute atomic E-state index is 11.0. The Kier molecular flexibility index (Phi) is 2.63. The van der Waals surface area contributed by atoms with Crippen LogP contribution in [-0.4, -0.2) is 23.6 Å². The predicted octanol–water partition coefficient (Wildman–Crippen LogP) is 1.31. The van der Waals surface area contributed by atoms with E-state index in [1.165, 1.54) is 17.0 Å². The SMILES string of the molecule is CCOC(=O)n1ccc(C=O)c1. The van der Waals surface area contributed by atoms with E-state index in [4.69, 9.17) is 4.74 Å². The molecule has 0 bridgehead atoms. The molecule has 0 unspecified atom stereocenters. The first kappa shape index (κ1) is 8.52. The summed E-state index contributed by atoms with van der Waals surface area (Å²) in [4.78, 5) is 21.2. The number of ether oxygens (including phenoxy) is 1. The Balaban J connectivity index is 2.74. The van der Waals surface area contributed by atoms with Crippen molar-refractivity contribution in [2.45, 2.75) is 6.92 Å². The van der Waals surface area contributed by atoms with Gasteiger partial charge in [-0.1, -0.05) is 0 Å². The minimum atomic E-state index is -0.467. The van der Waals surface area contributed by atoms with Crippen molar-refractivity contribution < 1.29 is 14.3 Å². The van der Waals surface area contributed by atoms with Gasteiger partial charge in [-0.05, 0) is 13.0 Å². The molecule has 12 heavy (non-hydrogen) atoms. The van der Waals surface area contributed by atoms with E-state index in [9.17, 15) is 9.59 Å². The van der Waals surface area contributed by atoms with E-state index in [0.717, 1.165) is 0 Å². The number of carbonyl (C=O) groups is 2. The summed E-state index contributed by atoms with van der Waals surface area (Å²) in [5.74, 6) is 0. The lowest BCUT2D eigenvalue weighted by molar-refractivity contribution is 0.112. The molecule has 0 aliphatic heterocycles. The highest BCUT2D eigenvalue weighted by molar-refractivity contribution is 5.78. The molecule has 0 atom stereocenters. The van der Waals surface area contributed by atoms with Crippen LogP contribution >= 0.6 is 0 Å². The summed E-state index contributed by atoms with van der Waals surface area (Å²) in [6.45, 7) is 2.05. The van der Waals surface area contributed by atoms with Crippen LogP contribution in [0.1, 0.15) is 17.3 Å². The second-order valence-electron chi connectivity index (χ2n) is 2.17. The molecule has 4 nitrogen and oxygen atoms in total. The molecule has 4 heteroatoms. The third-order valence-electron chi connectivity index (χ3n) is 1.33. The smallest absolute Gasteiger partial charge is 0.417 e. The van der Waals surface area contributed by atoms with Crippen molar-refractivity contribution in [3.8, 4) is 0 Å². The van der Waals surface area contributed by atoms with Gasteiger partial charge >= 0.3 is 6.09 Å². The average molecular weight is 167 g/mol. The van der Waals surface area contributed by atoms with E-state index in [1.807, 2.05) is 0 Å². The van der Waals surface area contributed by atoms with Gasteiger partial charge in [0, 0.05) is 18.0 Å². The number of carbonyl (C=O) groups excluding carboxylic acids is 2. The lowest BCUT2D eigenvalue weighted by atomic mass is 10.4. The highest BCUT2D eigenvalue weighted by Gasteiger charge is 2.03. The predicted molar refractivity (Wildman–Crippen MR) is 42.2 cm³/mol. The van der Waals surface area contributed by atoms with Gasteiger partial charge in [0.1, 0.15) is 0 Å². The average Bonchev–Trinajstić information content (AvgIpc) is 2.52. The highest BCUT2D eigenvalue weighted by Crippen LogP contribution is 1.98. The van der Waals surface area contributed by atoms with Crippen molar-refractivity contribution in [1.29, 1.82) is 0 Å². The van der Waals surface area contributed by atoms with Crippen LogP contribution in [0.4, 0.5) is 4.79 Å². The van der Waals surface area contributed by atoms with E-state index < -0.39 is 6.09 Å². The van der Waals surface area contributed by atoms with Gasteiger partial charge in [0.25, 0.3) is 0 Å². The third-order valence-corrected chi connectivity index (χ3v) is 1.33. The van der Waals surface area contributed by atoms with Gasteiger partial charge in [-0.3, -0.25) is 9.36 Å². The Hall–Kier alpha value is -1.58. The van der Waals surface area contributed by atoms with Crippen LogP contribution in [0.15, 0.2) is 18.5 Å². The van der Waals surface area contributed by atoms with Gasteiger partial charge in [-0.25, -0.2) is 4.79 Å². The summed E-state index contributed by atoms with van der Waals surface area (Å²) < 4.78 is 5.92. The zero-order valence-corrected chi connectivity index (χ0v) is 6.69. The third kappa shape index (κ3) is 1.72. The van der Waals surface area contributed by atoms with Gasteiger partial charge in [0.15, 0.2) is 6.29 Å². The van der Waals surface area contributed by atoms with Crippen molar-refractivity contribution in [2.75, 3.05) is 6.61 Å². The van der Waals surface area contributed by atoms with Gasteiger partial charge in [-0.15, -0.1) is 0 Å². The molecule has 1 aromatic rings. The second kappa shape index (κ2) is 3.71. The van der Waals surface area contributed by atoms with E-state index in [-0.39, 0.29) is 0 Å². The van der Waals surface area contributed by atoms with Gasteiger partial charge in [-0.2, -0.15) is 0 Å². The lowest BCUT2D eigenvalue weighted by Crippen LogP contribution is -2.10. The second-order valence-corrected chi connectivity index (χ2v) is 2.17. The molecule has 0 saturated carbocycles. The Labute approximate surface area is 69.7 Å². The van der Waals surface area contributed by atoms with Crippen LogP contribution in [-0.2, 0) is 4.74 Å². The van der Waals surface area contributed by atoms with E-state index >= 15 is 0 Å². The van der Waals surface area contributed by atoms with Crippen molar-refractivity contribution in [2.24, 2.45) is 0 Å². The van der Waals surface area contributed by atoms with Crippen molar-refractivity contribution in [3.05, 3.63) is 24.0 Å². The maximum atomic E-state index is 11.0. The van der Waals surface area contributed by atoms with Crippen LogP contribution < -0.4 is 0 Å². The van der Waals surface area contributed by atoms with Crippen LogP contribution in [0.3, 0.4) is 0 Å². The largest absolute Gasteiger partial charge is 0.449 e. The fourth-order valence-corrected chi connectivity index (χ4v) is 0.794. The molecule has 0 spiro atoms. The zero-order valence-electron chi connectivity index (χ0n) is 6.69. The fourth-order valence-electron chi connectivity index (χ4n) is 0.794. The molecule has 1 aromatic heterocycles. The molecule has 0 amide bonds. The van der Waals surface area contributed by atoms with Crippen LogP contribution in [0.5, 0.6) is 0 Å². The molecule has 1 heterocycles. The van der Waals surface area contributed by atoms with Gasteiger partial charge in [0.05, 0.1) is 6.61 Å². The zero-order chi connectivity index (χ0) is 8.97. The summed E-state index contributed by atoms with van der Waals surface area (Å²) in [6, 6.07) is 1.55. The van der Waals surface area contributed by atoms with Gasteiger partial charge < -0.3 is 4.74 Å². The standard InChI is InChI=1S/C8H9NO3/c1-2-12-8(11)9-4-3-7(5-9)6-10/h3-6H,2H2,1H3. The number of hydrogen-bond donors (Lipinski definition) is 0. The van der Waals surface area contributed by atoms with Crippen LogP contribution in [0.2, 0.25) is 0 Å². The minimum Gasteiger partial charge on any atom is -0.449 e. The van der Waals surface area contributed by atoms with Crippen molar-refractivity contribution >= 4 is 12.4 Å². The highest BCUT2D eigenvalue weighted by atomic mass is 16.5. The fraction of sp³-hybridized carbons (Fsp3) is 0.250. The van der Waals surface area contributed by atoms with Crippen LogP contribution in [0.25, 0.3) is 0 Å². The molecule has 0 N–H and O–H groups in total.